The molecule has 0 aromatic heterocycles. The van der Waals surface area contributed by atoms with Crippen LogP contribution in [-0.2, 0) is 12.8 Å². The molecule has 0 fully saturated rings. The van der Waals surface area contributed by atoms with Crippen LogP contribution in [0.5, 0.6) is 5.75 Å². The van der Waals surface area contributed by atoms with Crippen molar-refractivity contribution in [3.05, 3.63) is 28.8 Å². The van der Waals surface area contributed by atoms with Crippen LogP contribution in [0.4, 0.5) is 0 Å². The summed E-state index contributed by atoms with van der Waals surface area (Å²) in [5.41, 5.74) is 4.04. The molecule has 0 atom stereocenters. The standard InChI is InChI=1S/C25H44O.Ba.2H/c1-4-6-8-10-12-14-16-18-23-20-21-25(26)22(3)24(23)19-17-15-13-11-9-7-5-2;;;/h20-21,26H,4-19H2,1-3H3;;;. The van der Waals surface area contributed by atoms with Gasteiger partial charge in [-0.2, -0.15) is 0 Å². The Morgan fingerprint density at radius 2 is 1.07 bits per heavy atom. The first-order chi connectivity index (χ1) is 12.7. The van der Waals surface area contributed by atoms with Gasteiger partial charge in [-0.15, -0.1) is 0 Å². The summed E-state index contributed by atoms with van der Waals surface area (Å²) in [6.07, 6.45) is 21.3. The predicted molar refractivity (Wildman–Crippen MR) is 125 cm³/mol. The molecule has 27 heavy (non-hydrogen) atoms. The molecule has 0 aliphatic heterocycles. The van der Waals surface area contributed by atoms with Gasteiger partial charge in [-0.3, -0.25) is 0 Å². The van der Waals surface area contributed by atoms with Crippen molar-refractivity contribution in [2.45, 2.75) is 124 Å². The van der Waals surface area contributed by atoms with Crippen LogP contribution in [0.2, 0.25) is 0 Å². The van der Waals surface area contributed by atoms with Crippen LogP contribution in [0.25, 0.3) is 0 Å². The van der Waals surface area contributed by atoms with Gasteiger partial charge >= 0.3 is 48.9 Å². The average molecular weight is 500 g/mol. The van der Waals surface area contributed by atoms with Crippen LogP contribution in [0.3, 0.4) is 0 Å². The first kappa shape index (κ1) is 27.6. The molecule has 0 bridgehead atoms. The Kier molecular flexibility index (Phi) is 19.0. The van der Waals surface area contributed by atoms with Crippen molar-refractivity contribution in [3.63, 3.8) is 0 Å². The van der Waals surface area contributed by atoms with E-state index in [4.69, 9.17) is 0 Å². The number of aromatic hydroxyl groups is 1. The van der Waals surface area contributed by atoms with Crippen molar-refractivity contribution in [2.75, 3.05) is 0 Å². The fraction of sp³-hybridized carbons (Fsp3) is 0.760. The Labute approximate surface area is 210 Å². The number of aryl methyl sites for hydroxylation is 1. The van der Waals surface area contributed by atoms with Gasteiger partial charge in [0.05, 0.1) is 0 Å². The molecule has 2 heteroatoms. The Bertz CT molecular complexity index is 470. The minimum absolute atomic E-state index is 0. The summed E-state index contributed by atoms with van der Waals surface area (Å²) in [5, 5.41) is 10.1. The van der Waals surface area contributed by atoms with Crippen molar-refractivity contribution < 1.29 is 5.11 Å². The molecular weight excluding hydrogens is 454 g/mol. The third-order valence-electron chi connectivity index (χ3n) is 5.75. The Morgan fingerprint density at radius 3 is 1.59 bits per heavy atom. The monoisotopic (exact) mass is 500 g/mol. The minimum atomic E-state index is 0. The molecule has 0 spiro atoms. The molecule has 0 unspecified atom stereocenters. The van der Waals surface area contributed by atoms with Crippen molar-refractivity contribution in [1.29, 1.82) is 0 Å². The number of phenols is 1. The number of hydrogen-bond donors (Lipinski definition) is 1. The number of benzene rings is 1. The van der Waals surface area contributed by atoms with Gasteiger partial charge in [0.15, 0.2) is 0 Å². The average Bonchev–Trinajstić information content (AvgIpc) is 2.64. The van der Waals surface area contributed by atoms with Crippen LogP contribution in [0.1, 0.15) is 120 Å². The van der Waals surface area contributed by atoms with E-state index in [-0.39, 0.29) is 48.9 Å². The van der Waals surface area contributed by atoms with Crippen LogP contribution >= 0.6 is 0 Å². The summed E-state index contributed by atoms with van der Waals surface area (Å²) in [6, 6.07) is 4.08. The first-order valence-electron chi connectivity index (χ1n) is 11.5. The van der Waals surface area contributed by atoms with E-state index < -0.39 is 0 Å². The first-order valence-corrected chi connectivity index (χ1v) is 11.5. The van der Waals surface area contributed by atoms with Crippen molar-refractivity contribution in [3.8, 4) is 5.75 Å². The molecule has 1 N–H and O–H groups in total. The Morgan fingerprint density at radius 1 is 0.630 bits per heavy atom. The number of phenolic OH excluding ortho intramolecular Hbond substituents is 1. The summed E-state index contributed by atoms with van der Waals surface area (Å²) >= 11 is 0. The van der Waals surface area contributed by atoms with E-state index in [1.165, 1.54) is 107 Å². The van der Waals surface area contributed by atoms with E-state index in [1.54, 1.807) is 0 Å². The van der Waals surface area contributed by atoms with Crippen LogP contribution < -0.4 is 0 Å². The third kappa shape index (κ3) is 12.7. The molecule has 1 aromatic rings. The molecule has 0 saturated carbocycles. The molecular formula is C25H46BaO. The second-order valence-electron chi connectivity index (χ2n) is 8.09. The molecule has 1 aromatic carbocycles. The van der Waals surface area contributed by atoms with Gasteiger partial charge in [0.2, 0.25) is 0 Å². The van der Waals surface area contributed by atoms with Gasteiger partial charge in [0.1, 0.15) is 5.75 Å². The zero-order valence-corrected chi connectivity index (χ0v) is 17.9. The van der Waals surface area contributed by atoms with E-state index in [0.717, 1.165) is 12.0 Å². The van der Waals surface area contributed by atoms with Crippen LogP contribution in [0, 0.1) is 6.92 Å². The predicted octanol–water partition coefficient (Wildman–Crippen LogP) is 7.37. The number of hydrogen-bond acceptors (Lipinski definition) is 1. The fourth-order valence-corrected chi connectivity index (χ4v) is 3.91. The number of unbranched alkanes of at least 4 members (excludes halogenated alkanes) is 12. The molecule has 154 valence electrons. The maximum absolute atomic E-state index is 10.1. The molecule has 0 amide bonds. The summed E-state index contributed by atoms with van der Waals surface area (Å²) < 4.78 is 0. The van der Waals surface area contributed by atoms with Crippen LogP contribution in [0.15, 0.2) is 12.1 Å². The van der Waals surface area contributed by atoms with E-state index in [1.807, 2.05) is 6.07 Å². The molecule has 0 aliphatic carbocycles. The normalized spacial score (nSPS) is 10.8. The van der Waals surface area contributed by atoms with Crippen molar-refractivity contribution in [1.82, 2.24) is 0 Å². The van der Waals surface area contributed by atoms with Gasteiger partial charge < -0.3 is 5.11 Å². The Balaban J connectivity index is 0.00000676. The molecule has 0 aliphatic rings. The molecule has 1 nitrogen and oxygen atoms in total. The second kappa shape index (κ2) is 18.6. The van der Waals surface area contributed by atoms with Gasteiger partial charge in [-0.25, -0.2) is 0 Å². The van der Waals surface area contributed by atoms with Gasteiger partial charge in [-0.1, -0.05) is 97.0 Å². The summed E-state index contributed by atoms with van der Waals surface area (Å²) in [4.78, 5) is 0. The second-order valence-corrected chi connectivity index (χ2v) is 8.09. The summed E-state index contributed by atoms with van der Waals surface area (Å²) in [7, 11) is 0. The van der Waals surface area contributed by atoms with E-state index in [9.17, 15) is 5.11 Å². The van der Waals surface area contributed by atoms with E-state index in [0.29, 0.717) is 5.75 Å². The maximum atomic E-state index is 10.1. The summed E-state index contributed by atoms with van der Waals surface area (Å²) in [5.74, 6) is 0.478. The quantitative estimate of drug-likeness (QED) is 0.186. The van der Waals surface area contributed by atoms with Crippen LogP contribution in [-0.4, -0.2) is 54.0 Å². The van der Waals surface area contributed by atoms with E-state index in [2.05, 4.69) is 26.8 Å². The van der Waals surface area contributed by atoms with E-state index >= 15 is 0 Å². The molecule has 0 saturated heterocycles. The third-order valence-corrected chi connectivity index (χ3v) is 5.75. The van der Waals surface area contributed by atoms with Gasteiger partial charge in [0, 0.05) is 0 Å². The van der Waals surface area contributed by atoms with Crippen molar-refractivity contribution in [2.24, 2.45) is 0 Å². The molecule has 0 radical (unpaired) electrons. The topological polar surface area (TPSA) is 20.2 Å². The SMILES string of the molecule is CCCCCCCCCc1ccc(O)c(C)c1CCCCCCCCC.[BaH2]. The van der Waals surface area contributed by atoms with Gasteiger partial charge in [0.25, 0.3) is 0 Å². The Hall–Kier alpha value is 0.591. The molecule has 0 heterocycles. The zero-order chi connectivity index (χ0) is 19.0. The number of rotatable bonds is 16. The zero-order valence-electron chi connectivity index (χ0n) is 17.9. The van der Waals surface area contributed by atoms with Gasteiger partial charge in [-0.05, 0) is 55.4 Å². The van der Waals surface area contributed by atoms with Crippen molar-refractivity contribution >= 4 is 48.9 Å². The molecule has 1 rings (SSSR count). The fourth-order valence-electron chi connectivity index (χ4n) is 3.91. The summed E-state index contributed by atoms with van der Waals surface area (Å²) in [6.45, 7) is 6.65.